The summed E-state index contributed by atoms with van der Waals surface area (Å²) < 4.78 is 37.9. The number of carbonyl (C=O) groups is 1. The number of benzene rings is 1. The van der Waals surface area contributed by atoms with E-state index in [9.17, 15) is 13.2 Å². The molecule has 0 bridgehead atoms. The summed E-state index contributed by atoms with van der Waals surface area (Å²) >= 11 is 0. The highest BCUT2D eigenvalue weighted by Crippen LogP contribution is 2.29. The van der Waals surface area contributed by atoms with E-state index in [4.69, 9.17) is 9.47 Å². The number of carbonyl (C=O) groups excluding carboxylic acids is 1. The Labute approximate surface area is 205 Å². The number of hydrogen-bond acceptors (Lipinski definition) is 6. The van der Waals surface area contributed by atoms with Crippen molar-refractivity contribution in [3.8, 4) is 5.75 Å². The molecular weight excluding hydrogens is 454 g/mol. The van der Waals surface area contributed by atoms with E-state index < -0.39 is 10.0 Å². The highest BCUT2D eigenvalue weighted by Gasteiger charge is 2.30. The first kappa shape index (κ1) is 26.8. The van der Waals surface area contributed by atoms with Crippen molar-refractivity contribution in [3.05, 3.63) is 23.8 Å². The first-order valence-electron chi connectivity index (χ1n) is 12.3. The summed E-state index contributed by atoms with van der Waals surface area (Å²) in [6, 6.07) is 5.02. The second-order valence-electron chi connectivity index (χ2n) is 10.1. The monoisotopic (exact) mass is 495 g/mol. The van der Waals surface area contributed by atoms with E-state index in [0.29, 0.717) is 36.1 Å². The summed E-state index contributed by atoms with van der Waals surface area (Å²) in [7, 11) is -0.0218. The molecule has 1 amide bonds. The molecule has 1 N–H and O–H groups in total. The number of likely N-dealkylation sites (N-methyl/N-ethyl adjacent to an activating group) is 1. The molecule has 1 fully saturated rings. The number of nitrogens with zero attached hydrogens (tertiary/aromatic N) is 2. The Morgan fingerprint density at radius 2 is 1.85 bits per heavy atom. The van der Waals surface area contributed by atoms with Crippen LogP contribution in [0.15, 0.2) is 18.2 Å². The summed E-state index contributed by atoms with van der Waals surface area (Å²) in [5.74, 6) is 1.17. The Kier molecular flexibility index (Phi) is 9.23. The number of rotatable bonds is 5. The number of anilines is 1. The lowest BCUT2D eigenvalue weighted by Gasteiger charge is -2.38. The molecule has 9 heteroatoms. The maximum Gasteiger partial charge on any atom is 0.257 e. The SMILES string of the molecule is CO[C@H]1CN(C)C(=O)c2cc(NS(C)(=O)=O)ccc2OC[C@H](C)N(CC2CCCCC2)C[C@H]1C. The number of sulfonamides is 1. The van der Waals surface area contributed by atoms with E-state index in [0.717, 1.165) is 19.3 Å². The fourth-order valence-electron chi connectivity index (χ4n) is 5.08. The zero-order chi connectivity index (χ0) is 24.9. The highest BCUT2D eigenvalue weighted by molar-refractivity contribution is 7.92. The molecule has 0 radical (unpaired) electrons. The van der Waals surface area contributed by atoms with Crippen molar-refractivity contribution in [3.63, 3.8) is 0 Å². The molecule has 34 heavy (non-hydrogen) atoms. The third kappa shape index (κ3) is 7.33. The number of hydrogen-bond donors (Lipinski definition) is 1. The number of amides is 1. The predicted octanol–water partition coefficient (Wildman–Crippen LogP) is 3.44. The van der Waals surface area contributed by atoms with Gasteiger partial charge in [-0.1, -0.05) is 26.2 Å². The third-order valence-corrected chi connectivity index (χ3v) is 7.70. The molecule has 1 aliphatic heterocycles. The van der Waals surface area contributed by atoms with E-state index >= 15 is 0 Å². The zero-order valence-electron chi connectivity index (χ0n) is 21.2. The van der Waals surface area contributed by atoms with Crippen molar-refractivity contribution in [1.82, 2.24) is 9.80 Å². The molecule has 3 rings (SSSR count). The molecular formula is C25H41N3O5S. The third-order valence-electron chi connectivity index (χ3n) is 7.09. The van der Waals surface area contributed by atoms with Crippen LogP contribution in [0.2, 0.25) is 0 Å². The topological polar surface area (TPSA) is 88.2 Å². The zero-order valence-corrected chi connectivity index (χ0v) is 22.1. The van der Waals surface area contributed by atoms with E-state index in [1.165, 1.54) is 32.1 Å². The van der Waals surface area contributed by atoms with Crippen LogP contribution in [0.4, 0.5) is 5.69 Å². The van der Waals surface area contributed by atoms with E-state index in [1.807, 2.05) is 0 Å². The van der Waals surface area contributed by atoms with E-state index in [-0.39, 0.29) is 24.0 Å². The van der Waals surface area contributed by atoms with Crippen molar-refractivity contribution in [2.45, 2.75) is 58.1 Å². The van der Waals surface area contributed by atoms with Gasteiger partial charge >= 0.3 is 0 Å². The van der Waals surface area contributed by atoms with Crippen LogP contribution in [0.3, 0.4) is 0 Å². The minimum Gasteiger partial charge on any atom is -0.491 e. The maximum absolute atomic E-state index is 13.3. The van der Waals surface area contributed by atoms with E-state index in [2.05, 4.69) is 23.5 Å². The number of fused-ring (bicyclic) bond motifs is 1. The predicted molar refractivity (Wildman–Crippen MR) is 135 cm³/mol. The molecule has 2 aliphatic rings. The minimum atomic E-state index is -3.47. The Bertz CT molecular complexity index is 932. The molecule has 1 aromatic rings. The van der Waals surface area contributed by atoms with Crippen LogP contribution in [0.5, 0.6) is 5.75 Å². The summed E-state index contributed by atoms with van der Waals surface area (Å²) in [4.78, 5) is 17.5. The summed E-state index contributed by atoms with van der Waals surface area (Å²) in [5.41, 5.74) is 0.674. The quantitative estimate of drug-likeness (QED) is 0.673. The van der Waals surface area contributed by atoms with Crippen molar-refractivity contribution in [2.24, 2.45) is 11.8 Å². The number of nitrogens with one attached hydrogen (secondary N) is 1. The fraction of sp³-hybridized carbons (Fsp3) is 0.720. The smallest absolute Gasteiger partial charge is 0.257 e. The van der Waals surface area contributed by atoms with Gasteiger partial charge in [-0.3, -0.25) is 14.4 Å². The molecule has 0 saturated heterocycles. The van der Waals surface area contributed by atoms with Gasteiger partial charge in [-0.2, -0.15) is 0 Å². The molecule has 1 heterocycles. The molecule has 1 saturated carbocycles. The lowest BCUT2D eigenvalue weighted by Crippen LogP contribution is -2.48. The minimum absolute atomic E-state index is 0.115. The van der Waals surface area contributed by atoms with Gasteiger partial charge < -0.3 is 14.4 Å². The second-order valence-corrected chi connectivity index (χ2v) is 11.9. The van der Waals surface area contributed by atoms with Gasteiger partial charge in [0.2, 0.25) is 10.0 Å². The Morgan fingerprint density at radius 3 is 2.50 bits per heavy atom. The van der Waals surface area contributed by atoms with Crippen molar-refractivity contribution < 1.29 is 22.7 Å². The van der Waals surface area contributed by atoms with Gasteiger partial charge in [0.15, 0.2) is 0 Å². The molecule has 3 atom stereocenters. The van der Waals surface area contributed by atoms with Crippen molar-refractivity contribution in [2.75, 3.05) is 51.4 Å². The summed E-state index contributed by atoms with van der Waals surface area (Å²) in [6.07, 6.45) is 7.49. The fourth-order valence-corrected chi connectivity index (χ4v) is 5.64. The average Bonchev–Trinajstić information content (AvgIpc) is 2.79. The molecule has 8 nitrogen and oxygen atoms in total. The van der Waals surface area contributed by atoms with Crippen LogP contribution < -0.4 is 9.46 Å². The van der Waals surface area contributed by atoms with Gasteiger partial charge in [0.05, 0.1) is 17.9 Å². The first-order valence-corrected chi connectivity index (χ1v) is 14.2. The van der Waals surface area contributed by atoms with Gasteiger partial charge in [0.25, 0.3) is 5.91 Å². The molecule has 0 aromatic heterocycles. The normalized spacial score (nSPS) is 26.2. The molecule has 1 aromatic carbocycles. The summed E-state index contributed by atoms with van der Waals surface area (Å²) in [5, 5.41) is 0. The van der Waals surface area contributed by atoms with Crippen LogP contribution >= 0.6 is 0 Å². The van der Waals surface area contributed by atoms with Crippen LogP contribution in [0.1, 0.15) is 56.3 Å². The molecule has 0 spiro atoms. The lowest BCUT2D eigenvalue weighted by atomic mass is 9.88. The molecule has 0 unspecified atom stereocenters. The average molecular weight is 496 g/mol. The van der Waals surface area contributed by atoms with E-state index in [1.54, 1.807) is 37.3 Å². The van der Waals surface area contributed by atoms with Crippen LogP contribution in [-0.2, 0) is 14.8 Å². The van der Waals surface area contributed by atoms with Gasteiger partial charge in [0.1, 0.15) is 12.4 Å². The van der Waals surface area contributed by atoms with Crippen LogP contribution in [-0.4, -0.2) is 82.9 Å². The van der Waals surface area contributed by atoms with Crippen molar-refractivity contribution >= 4 is 21.6 Å². The second kappa shape index (κ2) is 11.7. The number of methoxy groups -OCH3 is 1. The lowest BCUT2D eigenvalue weighted by molar-refractivity contribution is 0.00690. The highest BCUT2D eigenvalue weighted by atomic mass is 32.2. The van der Waals surface area contributed by atoms with Gasteiger partial charge in [0, 0.05) is 45.5 Å². The maximum atomic E-state index is 13.3. The first-order chi connectivity index (χ1) is 16.1. The Hall–Kier alpha value is -1.84. The van der Waals surface area contributed by atoms with Crippen LogP contribution in [0, 0.1) is 11.8 Å². The molecule has 1 aliphatic carbocycles. The Balaban J connectivity index is 1.91. The van der Waals surface area contributed by atoms with Crippen molar-refractivity contribution in [1.29, 1.82) is 0 Å². The summed E-state index contributed by atoms with van der Waals surface area (Å²) in [6.45, 7) is 7.17. The standard InChI is InChI=1S/C25H41N3O5S/c1-18-14-28(15-20-9-7-6-8-10-20)19(2)17-33-23-12-11-21(26-34(5,30)31)13-22(23)25(29)27(3)16-24(18)32-4/h11-13,18-20,24,26H,6-10,14-17H2,1-5H3/t18-,19+,24+/m1/s1. The van der Waals surface area contributed by atoms with Gasteiger partial charge in [-0.05, 0) is 49.8 Å². The number of ether oxygens (including phenoxy) is 2. The molecule has 192 valence electrons. The van der Waals surface area contributed by atoms with Crippen LogP contribution in [0.25, 0.3) is 0 Å². The largest absolute Gasteiger partial charge is 0.491 e. The van der Waals surface area contributed by atoms with Gasteiger partial charge in [-0.15, -0.1) is 0 Å². The Morgan fingerprint density at radius 1 is 1.15 bits per heavy atom. The van der Waals surface area contributed by atoms with Gasteiger partial charge in [-0.25, -0.2) is 8.42 Å².